The molecule has 0 saturated heterocycles. The first-order valence-corrected chi connectivity index (χ1v) is 7.73. The molecule has 0 aliphatic carbocycles. The van der Waals surface area contributed by atoms with Crippen molar-refractivity contribution in [1.82, 2.24) is 4.90 Å². The van der Waals surface area contributed by atoms with Crippen LogP contribution < -0.4 is 11.1 Å². The summed E-state index contributed by atoms with van der Waals surface area (Å²) in [6, 6.07) is 2.85. The molecule has 21 heavy (non-hydrogen) atoms. The minimum absolute atomic E-state index is 0.142. The Morgan fingerprint density at radius 3 is 2.48 bits per heavy atom. The predicted octanol–water partition coefficient (Wildman–Crippen LogP) is 3.88. The van der Waals surface area contributed by atoms with Crippen molar-refractivity contribution in [2.24, 2.45) is 5.92 Å². The molecule has 118 valence electrons. The number of amides is 1. The van der Waals surface area contributed by atoms with Crippen LogP contribution in [0.1, 0.15) is 27.2 Å². The normalized spacial score (nSPS) is 12.8. The smallest absolute Gasteiger partial charge is 0.241 e. The van der Waals surface area contributed by atoms with Crippen molar-refractivity contribution in [3.05, 3.63) is 22.2 Å². The van der Waals surface area contributed by atoms with Gasteiger partial charge in [-0.2, -0.15) is 0 Å². The van der Waals surface area contributed by atoms with E-state index >= 15 is 0 Å². The van der Waals surface area contributed by atoms with Crippen LogP contribution in [0.25, 0.3) is 0 Å². The van der Waals surface area contributed by atoms with Crippen LogP contribution >= 0.6 is 23.2 Å². The summed E-state index contributed by atoms with van der Waals surface area (Å²) in [5.74, 6) is 0.459. The zero-order chi connectivity index (χ0) is 16.2. The number of nitrogens with one attached hydrogen (secondary N) is 1. The van der Waals surface area contributed by atoms with Crippen molar-refractivity contribution >= 4 is 40.5 Å². The monoisotopic (exact) mass is 331 g/mol. The lowest BCUT2D eigenvalue weighted by atomic mass is 10.1. The number of rotatable bonds is 6. The highest BCUT2D eigenvalue weighted by molar-refractivity contribution is 6.37. The fourth-order valence-corrected chi connectivity index (χ4v) is 2.37. The summed E-state index contributed by atoms with van der Waals surface area (Å²) in [6.45, 7) is 7.03. The Balaban J connectivity index is 2.72. The number of carbonyl (C=O) groups excluding carboxylic acids is 1. The molecule has 1 rings (SSSR count). The lowest BCUT2D eigenvalue weighted by Gasteiger charge is -2.25. The fourth-order valence-electron chi connectivity index (χ4n) is 1.81. The number of hydrogen-bond donors (Lipinski definition) is 2. The molecule has 0 bridgehead atoms. The number of anilines is 2. The van der Waals surface area contributed by atoms with E-state index in [0.29, 0.717) is 27.3 Å². The van der Waals surface area contributed by atoms with Gasteiger partial charge in [0.15, 0.2) is 0 Å². The SMILES string of the molecule is CC(C)CCN(C)C(C)C(=O)Nc1c(N)cc(Cl)cc1Cl. The molecule has 0 radical (unpaired) electrons. The number of hydrogen-bond acceptors (Lipinski definition) is 3. The number of halogens is 2. The fraction of sp³-hybridized carbons (Fsp3) is 0.533. The van der Waals surface area contributed by atoms with Crippen LogP contribution in [0.15, 0.2) is 12.1 Å². The molecule has 0 spiro atoms. The Morgan fingerprint density at radius 1 is 1.33 bits per heavy atom. The van der Waals surface area contributed by atoms with Crippen molar-refractivity contribution in [2.75, 3.05) is 24.6 Å². The van der Waals surface area contributed by atoms with E-state index in [1.165, 1.54) is 0 Å². The van der Waals surface area contributed by atoms with Gasteiger partial charge in [0, 0.05) is 5.02 Å². The van der Waals surface area contributed by atoms with Crippen LogP contribution in [0.3, 0.4) is 0 Å². The van der Waals surface area contributed by atoms with Crippen molar-refractivity contribution in [3.8, 4) is 0 Å². The molecule has 1 amide bonds. The van der Waals surface area contributed by atoms with E-state index in [9.17, 15) is 4.79 Å². The second kappa shape index (κ2) is 7.87. The number of likely N-dealkylation sites (N-methyl/N-ethyl adjacent to an activating group) is 1. The second-order valence-electron chi connectivity index (χ2n) is 5.68. The summed E-state index contributed by atoms with van der Waals surface area (Å²) in [6.07, 6.45) is 1.04. The van der Waals surface area contributed by atoms with Crippen LogP contribution in [0.2, 0.25) is 10.0 Å². The largest absolute Gasteiger partial charge is 0.397 e. The number of nitrogens with two attached hydrogens (primary N) is 1. The summed E-state index contributed by atoms with van der Waals surface area (Å²) in [5, 5.41) is 3.56. The Morgan fingerprint density at radius 2 is 1.95 bits per heavy atom. The summed E-state index contributed by atoms with van der Waals surface area (Å²) in [4.78, 5) is 14.3. The van der Waals surface area contributed by atoms with E-state index in [0.717, 1.165) is 13.0 Å². The zero-order valence-corrected chi connectivity index (χ0v) is 14.4. The minimum atomic E-state index is -0.269. The maximum absolute atomic E-state index is 12.3. The summed E-state index contributed by atoms with van der Waals surface area (Å²) in [5.41, 5.74) is 6.62. The molecule has 0 heterocycles. The van der Waals surface area contributed by atoms with Gasteiger partial charge in [-0.25, -0.2) is 0 Å². The van der Waals surface area contributed by atoms with Crippen LogP contribution in [0.5, 0.6) is 0 Å². The van der Waals surface area contributed by atoms with E-state index < -0.39 is 0 Å². The van der Waals surface area contributed by atoms with Crippen LogP contribution in [-0.4, -0.2) is 30.4 Å². The van der Waals surface area contributed by atoms with Gasteiger partial charge in [-0.3, -0.25) is 9.69 Å². The average Bonchev–Trinajstić information content (AvgIpc) is 2.38. The molecule has 0 aromatic heterocycles. The Hall–Kier alpha value is -0.970. The topological polar surface area (TPSA) is 58.4 Å². The molecule has 0 saturated carbocycles. The van der Waals surface area contributed by atoms with E-state index in [2.05, 4.69) is 19.2 Å². The molecule has 1 aromatic rings. The van der Waals surface area contributed by atoms with Crippen LogP contribution in [-0.2, 0) is 4.79 Å². The second-order valence-corrected chi connectivity index (χ2v) is 6.52. The first kappa shape index (κ1) is 18.1. The third-order valence-corrected chi connectivity index (χ3v) is 3.95. The number of benzene rings is 1. The van der Waals surface area contributed by atoms with Crippen molar-refractivity contribution < 1.29 is 4.79 Å². The highest BCUT2D eigenvalue weighted by atomic mass is 35.5. The lowest BCUT2D eigenvalue weighted by Crippen LogP contribution is -2.40. The van der Waals surface area contributed by atoms with Gasteiger partial charge in [0.05, 0.1) is 22.4 Å². The highest BCUT2D eigenvalue weighted by Gasteiger charge is 2.20. The van der Waals surface area contributed by atoms with E-state index in [1.54, 1.807) is 12.1 Å². The van der Waals surface area contributed by atoms with E-state index in [1.807, 2.05) is 18.9 Å². The van der Waals surface area contributed by atoms with Crippen LogP contribution in [0, 0.1) is 5.92 Å². The van der Waals surface area contributed by atoms with Gasteiger partial charge < -0.3 is 11.1 Å². The van der Waals surface area contributed by atoms with Gasteiger partial charge in [0.1, 0.15) is 0 Å². The van der Waals surface area contributed by atoms with Gasteiger partial charge in [0.2, 0.25) is 5.91 Å². The molecule has 1 aromatic carbocycles. The van der Waals surface area contributed by atoms with Crippen molar-refractivity contribution in [1.29, 1.82) is 0 Å². The Bertz CT molecular complexity index is 483. The summed E-state index contributed by atoms with van der Waals surface area (Å²) >= 11 is 11.9. The van der Waals surface area contributed by atoms with Gasteiger partial charge in [-0.1, -0.05) is 37.0 Å². The molecule has 1 atom stereocenters. The predicted molar refractivity (Wildman–Crippen MR) is 91.1 cm³/mol. The Labute approximate surface area is 136 Å². The molecule has 6 heteroatoms. The highest BCUT2D eigenvalue weighted by Crippen LogP contribution is 2.32. The molecule has 4 nitrogen and oxygen atoms in total. The summed E-state index contributed by atoms with van der Waals surface area (Å²) < 4.78 is 0. The van der Waals surface area contributed by atoms with E-state index in [4.69, 9.17) is 28.9 Å². The number of carbonyl (C=O) groups is 1. The van der Waals surface area contributed by atoms with Crippen molar-refractivity contribution in [3.63, 3.8) is 0 Å². The lowest BCUT2D eigenvalue weighted by molar-refractivity contribution is -0.120. The first-order valence-electron chi connectivity index (χ1n) is 6.98. The molecular weight excluding hydrogens is 309 g/mol. The Kier molecular flexibility index (Phi) is 6.78. The number of nitrogen functional groups attached to an aromatic ring is 1. The van der Waals surface area contributed by atoms with Gasteiger partial charge in [0.25, 0.3) is 0 Å². The van der Waals surface area contributed by atoms with Gasteiger partial charge in [-0.15, -0.1) is 0 Å². The number of nitrogens with zero attached hydrogens (tertiary/aromatic N) is 1. The minimum Gasteiger partial charge on any atom is -0.397 e. The van der Waals surface area contributed by atoms with Gasteiger partial charge >= 0.3 is 0 Å². The third kappa shape index (κ3) is 5.38. The van der Waals surface area contributed by atoms with Crippen molar-refractivity contribution in [2.45, 2.75) is 33.2 Å². The first-order chi connectivity index (χ1) is 9.72. The third-order valence-electron chi connectivity index (χ3n) is 3.43. The summed E-state index contributed by atoms with van der Waals surface area (Å²) in [7, 11) is 1.93. The molecule has 0 fully saturated rings. The maximum Gasteiger partial charge on any atom is 0.241 e. The molecular formula is C15H23Cl2N3O. The molecule has 1 unspecified atom stereocenters. The average molecular weight is 332 g/mol. The molecule has 0 aliphatic heterocycles. The molecule has 0 aliphatic rings. The quantitative estimate of drug-likeness (QED) is 0.777. The van der Waals surface area contributed by atoms with E-state index in [-0.39, 0.29) is 11.9 Å². The van der Waals surface area contributed by atoms with Crippen LogP contribution in [0.4, 0.5) is 11.4 Å². The van der Waals surface area contributed by atoms with Gasteiger partial charge in [-0.05, 0) is 45.0 Å². The zero-order valence-electron chi connectivity index (χ0n) is 12.9. The maximum atomic E-state index is 12.3. The molecule has 3 N–H and O–H groups in total. The standard InChI is InChI=1S/C15H23Cl2N3O/c1-9(2)5-6-20(4)10(3)15(21)19-14-12(17)7-11(16)8-13(14)18/h7-10H,5-6,18H2,1-4H3,(H,19,21).